The molecule has 0 aromatic heterocycles. The van der Waals surface area contributed by atoms with Crippen molar-refractivity contribution in [3.05, 3.63) is 53.1 Å². The van der Waals surface area contributed by atoms with Crippen molar-refractivity contribution in [2.75, 3.05) is 20.8 Å². The van der Waals surface area contributed by atoms with Crippen LogP contribution in [0.2, 0.25) is 0 Å². The molecule has 5 nitrogen and oxygen atoms in total. The van der Waals surface area contributed by atoms with E-state index < -0.39 is 6.10 Å². The van der Waals surface area contributed by atoms with Crippen LogP contribution in [-0.2, 0) is 11.2 Å². The average Bonchev–Trinajstić information content (AvgIpc) is 2.64. The molecule has 0 heterocycles. The summed E-state index contributed by atoms with van der Waals surface area (Å²) in [7, 11) is 3.21. The number of methoxy groups -OCH3 is 2. The zero-order valence-electron chi connectivity index (χ0n) is 16.1. The van der Waals surface area contributed by atoms with Gasteiger partial charge in [-0.25, -0.2) is 0 Å². The fourth-order valence-electron chi connectivity index (χ4n) is 2.55. The zero-order valence-corrected chi connectivity index (χ0v) is 16.1. The summed E-state index contributed by atoms with van der Waals surface area (Å²) in [5.74, 6) is 1.94. The van der Waals surface area contributed by atoms with Crippen molar-refractivity contribution >= 4 is 5.91 Å². The van der Waals surface area contributed by atoms with E-state index in [1.165, 1.54) is 5.56 Å². The van der Waals surface area contributed by atoms with E-state index in [0.717, 1.165) is 11.1 Å². The summed E-state index contributed by atoms with van der Waals surface area (Å²) in [4.78, 5) is 12.2. The second-order valence-electron chi connectivity index (χ2n) is 6.24. The SMILES string of the molecule is COc1ccc(CCNC(=O)[C@@H](C)Oc2ccc(C)c(C)c2)cc1OC. The number of nitrogens with one attached hydrogen (secondary N) is 1. The number of hydrogen-bond acceptors (Lipinski definition) is 4. The maximum absolute atomic E-state index is 12.2. The lowest BCUT2D eigenvalue weighted by atomic mass is 10.1. The van der Waals surface area contributed by atoms with Crippen molar-refractivity contribution in [1.82, 2.24) is 5.32 Å². The summed E-state index contributed by atoms with van der Waals surface area (Å²) in [6.07, 6.45) is 0.144. The maximum Gasteiger partial charge on any atom is 0.260 e. The third-order valence-electron chi connectivity index (χ3n) is 4.32. The highest BCUT2D eigenvalue weighted by Crippen LogP contribution is 2.27. The summed E-state index contributed by atoms with van der Waals surface area (Å²) in [5, 5.41) is 2.91. The molecule has 0 aliphatic heterocycles. The molecule has 0 bridgehead atoms. The van der Waals surface area contributed by atoms with Gasteiger partial charge in [0.05, 0.1) is 14.2 Å². The molecule has 26 heavy (non-hydrogen) atoms. The number of carbonyl (C=O) groups is 1. The smallest absolute Gasteiger partial charge is 0.260 e. The molecular formula is C21H27NO4. The molecule has 0 saturated carbocycles. The van der Waals surface area contributed by atoms with Crippen molar-refractivity contribution in [2.45, 2.75) is 33.3 Å². The molecule has 140 valence electrons. The second kappa shape index (κ2) is 9.13. The van der Waals surface area contributed by atoms with E-state index in [1.807, 2.05) is 50.2 Å². The summed E-state index contributed by atoms with van der Waals surface area (Å²) in [6.45, 7) is 6.34. The fraction of sp³-hybridized carbons (Fsp3) is 0.381. The maximum atomic E-state index is 12.2. The predicted molar refractivity (Wildman–Crippen MR) is 102 cm³/mol. The van der Waals surface area contributed by atoms with Gasteiger partial charge in [0.15, 0.2) is 17.6 Å². The minimum Gasteiger partial charge on any atom is -0.493 e. The Bertz CT molecular complexity index is 758. The first kappa shape index (κ1) is 19.6. The molecule has 0 spiro atoms. The highest BCUT2D eigenvalue weighted by Gasteiger charge is 2.14. The van der Waals surface area contributed by atoms with Crippen LogP contribution in [0, 0.1) is 13.8 Å². The summed E-state index contributed by atoms with van der Waals surface area (Å²) in [5.41, 5.74) is 3.40. The van der Waals surface area contributed by atoms with Gasteiger partial charge in [-0.05, 0) is 68.1 Å². The van der Waals surface area contributed by atoms with E-state index in [9.17, 15) is 4.79 Å². The summed E-state index contributed by atoms with van der Waals surface area (Å²) in [6, 6.07) is 11.6. The van der Waals surface area contributed by atoms with E-state index in [0.29, 0.717) is 30.2 Å². The fourth-order valence-corrected chi connectivity index (χ4v) is 2.55. The van der Waals surface area contributed by atoms with Crippen LogP contribution in [0.4, 0.5) is 0 Å². The van der Waals surface area contributed by atoms with Crippen LogP contribution in [0.25, 0.3) is 0 Å². The van der Waals surface area contributed by atoms with Crippen LogP contribution in [-0.4, -0.2) is 32.8 Å². The van der Waals surface area contributed by atoms with E-state index in [4.69, 9.17) is 14.2 Å². The van der Waals surface area contributed by atoms with E-state index in [2.05, 4.69) is 5.32 Å². The van der Waals surface area contributed by atoms with Crippen LogP contribution in [0.5, 0.6) is 17.2 Å². The normalized spacial score (nSPS) is 11.6. The highest BCUT2D eigenvalue weighted by atomic mass is 16.5. The number of amides is 1. The Morgan fingerprint density at radius 3 is 2.38 bits per heavy atom. The van der Waals surface area contributed by atoms with Gasteiger partial charge in [0.2, 0.25) is 0 Å². The third kappa shape index (κ3) is 5.15. The zero-order chi connectivity index (χ0) is 19.1. The predicted octanol–water partition coefficient (Wildman–Crippen LogP) is 3.45. The molecule has 2 rings (SSSR count). The molecule has 2 aromatic rings. The molecule has 5 heteroatoms. The Morgan fingerprint density at radius 1 is 1.00 bits per heavy atom. The van der Waals surface area contributed by atoms with Gasteiger partial charge >= 0.3 is 0 Å². The molecule has 1 atom stereocenters. The number of carbonyl (C=O) groups excluding carboxylic acids is 1. The molecule has 1 amide bonds. The highest BCUT2D eigenvalue weighted by molar-refractivity contribution is 5.80. The summed E-state index contributed by atoms with van der Waals surface area (Å²) >= 11 is 0. The van der Waals surface area contributed by atoms with Crippen molar-refractivity contribution in [2.24, 2.45) is 0 Å². The van der Waals surface area contributed by atoms with Gasteiger partial charge in [-0.1, -0.05) is 12.1 Å². The second-order valence-corrected chi connectivity index (χ2v) is 6.24. The van der Waals surface area contributed by atoms with Gasteiger partial charge in [0.25, 0.3) is 5.91 Å². The molecule has 0 fully saturated rings. The van der Waals surface area contributed by atoms with Gasteiger partial charge in [-0.3, -0.25) is 4.79 Å². The Labute approximate surface area is 155 Å². The van der Waals surface area contributed by atoms with Gasteiger partial charge in [-0.2, -0.15) is 0 Å². The van der Waals surface area contributed by atoms with E-state index in [-0.39, 0.29) is 5.91 Å². The lowest BCUT2D eigenvalue weighted by Crippen LogP contribution is -2.37. The minimum absolute atomic E-state index is 0.135. The number of rotatable bonds is 8. The number of aryl methyl sites for hydroxylation is 2. The molecule has 0 saturated heterocycles. The number of benzene rings is 2. The van der Waals surface area contributed by atoms with Crippen molar-refractivity contribution in [1.29, 1.82) is 0 Å². The van der Waals surface area contributed by atoms with E-state index in [1.54, 1.807) is 21.1 Å². The monoisotopic (exact) mass is 357 g/mol. The van der Waals surface area contributed by atoms with Gasteiger partial charge in [-0.15, -0.1) is 0 Å². The molecule has 0 aliphatic carbocycles. The van der Waals surface area contributed by atoms with Crippen LogP contribution in [0.1, 0.15) is 23.6 Å². The first-order valence-corrected chi connectivity index (χ1v) is 8.67. The van der Waals surface area contributed by atoms with Crippen LogP contribution in [0.3, 0.4) is 0 Å². The molecule has 0 radical (unpaired) electrons. The average molecular weight is 357 g/mol. The van der Waals surface area contributed by atoms with Crippen molar-refractivity contribution in [3.8, 4) is 17.2 Å². The Kier molecular flexibility index (Phi) is 6.89. The van der Waals surface area contributed by atoms with Crippen LogP contribution < -0.4 is 19.5 Å². The molecule has 1 N–H and O–H groups in total. The standard InChI is InChI=1S/C21H27NO4/c1-14-6-8-18(12-15(14)2)26-16(3)21(23)22-11-10-17-7-9-19(24-4)20(13-17)25-5/h6-9,12-13,16H,10-11H2,1-5H3,(H,22,23)/t16-/m1/s1. The lowest BCUT2D eigenvalue weighted by Gasteiger charge is -2.16. The van der Waals surface area contributed by atoms with Gasteiger partial charge in [0, 0.05) is 6.54 Å². The summed E-state index contributed by atoms with van der Waals surface area (Å²) < 4.78 is 16.3. The van der Waals surface area contributed by atoms with Crippen molar-refractivity contribution in [3.63, 3.8) is 0 Å². The minimum atomic E-state index is -0.553. The molecule has 0 unspecified atom stereocenters. The Morgan fingerprint density at radius 2 is 1.73 bits per heavy atom. The van der Waals surface area contributed by atoms with Crippen molar-refractivity contribution < 1.29 is 19.0 Å². The Hall–Kier alpha value is -2.69. The van der Waals surface area contributed by atoms with Crippen LogP contribution >= 0.6 is 0 Å². The van der Waals surface area contributed by atoms with Crippen LogP contribution in [0.15, 0.2) is 36.4 Å². The molecule has 2 aromatic carbocycles. The quantitative estimate of drug-likeness (QED) is 0.786. The third-order valence-corrected chi connectivity index (χ3v) is 4.32. The van der Waals surface area contributed by atoms with Gasteiger partial charge < -0.3 is 19.5 Å². The first-order chi connectivity index (χ1) is 12.4. The van der Waals surface area contributed by atoms with Gasteiger partial charge in [0.1, 0.15) is 5.75 Å². The number of ether oxygens (including phenoxy) is 3. The number of hydrogen-bond donors (Lipinski definition) is 1. The molecular weight excluding hydrogens is 330 g/mol. The van der Waals surface area contributed by atoms with E-state index >= 15 is 0 Å². The molecule has 0 aliphatic rings. The largest absolute Gasteiger partial charge is 0.493 e. The topological polar surface area (TPSA) is 56.8 Å². The first-order valence-electron chi connectivity index (χ1n) is 8.67. The lowest BCUT2D eigenvalue weighted by molar-refractivity contribution is -0.127. The Balaban J connectivity index is 1.85.